The summed E-state index contributed by atoms with van der Waals surface area (Å²) in [4.78, 5) is 23.5. The molecule has 29 heavy (non-hydrogen) atoms. The largest absolute Gasteiger partial charge is 0.491 e. The third kappa shape index (κ3) is 8.08. The lowest BCUT2D eigenvalue weighted by Crippen LogP contribution is -2.47. The van der Waals surface area contributed by atoms with Crippen LogP contribution in [-0.4, -0.2) is 37.4 Å². The lowest BCUT2D eigenvalue weighted by atomic mass is 10.1. The van der Waals surface area contributed by atoms with Crippen molar-refractivity contribution in [1.29, 1.82) is 0 Å². The fourth-order valence-corrected chi connectivity index (χ4v) is 1.95. The number of carbonyl (C=O) groups excluding carboxylic acids is 2. The van der Waals surface area contributed by atoms with Crippen LogP contribution in [0.5, 0.6) is 5.75 Å². The number of carbonyl (C=O) groups is 2. The van der Waals surface area contributed by atoms with Crippen molar-refractivity contribution in [3.8, 4) is 5.75 Å². The fraction of sp³-hybridized carbons (Fsp3) is 0.529. The molecule has 0 bridgehead atoms. The Morgan fingerprint density at radius 2 is 1.45 bits per heavy atom. The van der Waals surface area contributed by atoms with E-state index in [0.717, 1.165) is 7.11 Å². The molecule has 1 rings (SSSR count). The van der Waals surface area contributed by atoms with Crippen molar-refractivity contribution in [3.05, 3.63) is 29.3 Å². The van der Waals surface area contributed by atoms with Crippen molar-refractivity contribution in [3.63, 3.8) is 0 Å². The summed E-state index contributed by atoms with van der Waals surface area (Å²) >= 11 is 0. The van der Waals surface area contributed by atoms with Gasteiger partial charge in [-0.25, -0.2) is 9.59 Å². The Hall–Kier alpha value is -2.66. The van der Waals surface area contributed by atoms with Crippen LogP contribution < -0.4 is 10.1 Å². The van der Waals surface area contributed by atoms with Crippen LogP contribution in [0.4, 0.5) is 31.1 Å². The molecule has 1 aromatic carbocycles. The molecule has 0 aliphatic heterocycles. The van der Waals surface area contributed by atoms with Gasteiger partial charge in [-0.2, -0.15) is 26.3 Å². The molecule has 6 nitrogen and oxygen atoms in total. The van der Waals surface area contributed by atoms with Crippen molar-refractivity contribution in [2.45, 2.75) is 44.8 Å². The molecule has 0 fully saturated rings. The zero-order valence-electron chi connectivity index (χ0n) is 15.8. The molecule has 0 saturated heterocycles. The summed E-state index contributed by atoms with van der Waals surface area (Å²) < 4.78 is 91.6. The number of amides is 1. The van der Waals surface area contributed by atoms with Gasteiger partial charge in [0.2, 0.25) is 0 Å². The molecule has 1 aromatic rings. The lowest BCUT2D eigenvalue weighted by Gasteiger charge is -2.23. The summed E-state index contributed by atoms with van der Waals surface area (Å²) in [6.07, 6.45) is -11.2. The normalized spacial score (nSPS) is 13.4. The number of benzene rings is 1. The van der Waals surface area contributed by atoms with Gasteiger partial charge in [0.25, 0.3) is 0 Å². The van der Waals surface area contributed by atoms with Crippen LogP contribution in [0.1, 0.15) is 31.9 Å². The lowest BCUT2D eigenvalue weighted by molar-refractivity contribution is -0.145. The van der Waals surface area contributed by atoms with Crippen LogP contribution in [0.3, 0.4) is 0 Å². The maximum atomic E-state index is 12.9. The van der Waals surface area contributed by atoms with Gasteiger partial charge in [0.1, 0.15) is 18.0 Å². The van der Waals surface area contributed by atoms with Gasteiger partial charge in [0.05, 0.1) is 18.2 Å². The smallest absolute Gasteiger partial charge is 0.416 e. The first-order valence-corrected chi connectivity index (χ1v) is 8.02. The van der Waals surface area contributed by atoms with Crippen LogP contribution in [-0.2, 0) is 26.6 Å². The highest BCUT2D eigenvalue weighted by Crippen LogP contribution is 2.38. The minimum absolute atomic E-state index is 0.0659. The molecule has 1 N–H and O–H groups in total. The van der Waals surface area contributed by atoms with Gasteiger partial charge >= 0.3 is 24.4 Å². The molecule has 1 amide bonds. The summed E-state index contributed by atoms with van der Waals surface area (Å²) in [5, 5.41) is 2.08. The second-order valence-corrected chi connectivity index (χ2v) is 6.77. The van der Waals surface area contributed by atoms with Crippen molar-refractivity contribution >= 4 is 12.1 Å². The van der Waals surface area contributed by atoms with Crippen molar-refractivity contribution in [2.24, 2.45) is 0 Å². The zero-order chi connectivity index (χ0) is 22.6. The van der Waals surface area contributed by atoms with E-state index < -0.39 is 59.5 Å². The van der Waals surface area contributed by atoms with E-state index in [4.69, 9.17) is 9.47 Å². The Bertz CT molecular complexity index is 707. The van der Waals surface area contributed by atoms with E-state index in [9.17, 15) is 35.9 Å². The standard InChI is InChI=1S/C17H19F6NO5/c1-15(2,3)29-14(26)24-12(13(25)27-4)8-28-11-6-9(16(18,19)20)5-10(7-11)17(21,22)23/h5-7,12H,8H2,1-4H3,(H,24,26)/t12-/m0/s1. The van der Waals surface area contributed by atoms with Crippen LogP contribution in [0.25, 0.3) is 0 Å². The molecular formula is C17H19F6NO5. The van der Waals surface area contributed by atoms with Gasteiger partial charge in [0.15, 0.2) is 6.04 Å². The fourth-order valence-electron chi connectivity index (χ4n) is 1.95. The summed E-state index contributed by atoms with van der Waals surface area (Å²) in [5.41, 5.74) is -4.09. The molecule has 0 aliphatic rings. The molecule has 1 atom stereocenters. The molecule has 0 aromatic heterocycles. The number of rotatable bonds is 5. The van der Waals surface area contributed by atoms with Gasteiger partial charge in [-0.3, -0.25) is 0 Å². The Morgan fingerprint density at radius 3 is 1.83 bits per heavy atom. The molecule has 0 spiro atoms. The Balaban J connectivity index is 3.06. The minimum Gasteiger partial charge on any atom is -0.491 e. The maximum absolute atomic E-state index is 12.9. The molecule has 164 valence electrons. The van der Waals surface area contributed by atoms with Crippen molar-refractivity contribution in [2.75, 3.05) is 13.7 Å². The first-order chi connectivity index (χ1) is 13.0. The quantitative estimate of drug-likeness (QED) is 0.560. The summed E-state index contributed by atoms with van der Waals surface area (Å²) in [6, 6.07) is -0.920. The highest BCUT2D eigenvalue weighted by molar-refractivity contribution is 5.81. The molecule has 12 heteroatoms. The van der Waals surface area contributed by atoms with Gasteiger partial charge in [-0.15, -0.1) is 0 Å². The van der Waals surface area contributed by atoms with Crippen LogP contribution in [0, 0.1) is 0 Å². The third-order valence-electron chi connectivity index (χ3n) is 3.15. The predicted molar refractivity (Wildman–Crippen MR) is 87.1 cm³/mol. The number of esters is 1. The van der Waals surface area contributed by atoms with Crippen LogP contribution >= 0.6 is 0 Å². The first-order valence-electron chi connectivity index (χ1n) is 8.02. The van der Waals surface area contributed by atoms with Crippen molar-refractivity contribution in [1.82, 2.24) is 5.32 Å². The van der Waals surface area contributed by atoms with Gasteiger partial charge in [0, 0.05) is 0 Å². The first kappa shape index (κ1) is 24.4. The van der Waals surface area contributed by atoms with Crippen molar-refractivity contribution < 1.29 is 50.1 Å². The van der Waals surface area contributed by atoms with E-state index in [1.807, 2.05) is 0 Å². The number of nitrogens with one attached hydrogen (secondary N) is 1. The molecule has 0 unspecified atom stereocenters. The van der Waals surface area contributed by atoms with Crippen LogP contribution in [0.15, 0.2) is 18.2 Å². The SMILES string of the molecule is COC(=O)[C@H](COc1cc(C(F)(F)F)cc(C(F)(F)F)c1)NC(=O)OC(C)(C)C. The minimum atomic E-state index is -5.06. The van der Waals surface area contributed by atoms with E-state index >= 15 is 0 Å². The summed E-state index contributed by atoms with van der Waals surface area (Å²) in [6.45, 7) is 3.82. The van der Waals surface area contributed by atoms with E-state index in [-0.39, 0.29) is 6.07 Å². The third-order valence-corrected chi connectivity index (χ3v) is 3.15. The van der Waals surface area contributed by atoms with Gasteiger partial charge in [-0.05, 0) is 39.0 Å². The average Bonchev–Trinajstić information content (AvgIpc) is 2.54. The topological polar surface area (TPSA) is 73.9 Å². The van der Waals surface area contributed by atoms with Gasteiger partial charge in [-0.1, -0.05) is 0 Å². The number of methoxy groups -OCH3 is 1. The highest BCUT2D eigenvalue weighted by Gasteiger charge is 2.37. The Labute approximate surface area is 162 Å². The number of alkyl carbamates (subject to hydrolysis) is 1. The maximum Gasteiger partial charge on any atom is 0.416 e. The molecule has 0 radical (unpaired) electrons. The monoisotopic (exact) mass is 431 g/mol. The van der Waals surface area contributed by atoms with Gasteiger partial charge < -0.3 is 19.5 Å². The molecule has 0 heterocycles. The summed E-state index contributed by atoms with van der Waals surface area (Å²) in [5.74, 6) is -1.84. The number of hydrogen-bond acceptors (Lipinski definition) is 5. The second kappa shape index (κ2) is 8.78. The number of hydrogen-bond donors (Lipinski definition) is 1. The van der Waals surface area contributed by atoms with Crippen LogP contribution in [0.2, 0.25) is 0 Å². The van der Waals surface area contributed by atoms with E-state index in [0.29, 0.717) is 12.1 Å². The Kier molecular flexibility index (Phi) is 7.38. The number of halogens is 6. The molecule has 0 saturated carbocycles. The molecular weight excluding hydrogens is 412 g/mol. The van der Waals surface area contributed by atoms with E-state index in [1.54, 1.807) is 0 Å². The highest BCUT2D eigenvalue weighted by atomic mass is 19.4. The second-order valence-electron chi connectivity index (χ2n) is 6.77. The summed E-state index contributed by atoms with van der Waals surface area (Å²) in [7, 11) is 0.970. The zero-order valence-corrected chi connectivity index (χ0v) is 15.8. The van der Waals surface area contributed by atoms with E-state index in [1.165, 1.54) is 20.8 Å². The number of ether oxygens (including phenoxy) is 3. The number of alkyl halides is 6. The predicted octanol–water partition coefficient (Wildman–Crippen LogP) is 4.17. The Morgan fingerprint density at radius 1 is 0.966 bits per heavy atom. The van der Waals surface area contributed by atoms with E-state index in [2.05, 4.69) is 10.1 Å². The average molecular weight is 431 g/mol. The molecule has 0 aliphatic carbocycles.